The molecular formula is C9H18ClNO3. The van der Waals surface area contributed by atoms with Gasteiger partial charge in [0.1, 0.15) is 6.61 Å². The molecule has 1 aliphatic rings. The van der Waals surface area contributed by atoms with Crippen molar-refractivity contribution in [3.63, 3.8) is 0 Å². The van der Waals surface area contributed by atoms with E-state index in [1.165, 1.54) is 7.11 Å². The molecule has 0 bridgehead atoms. The quantitative estimate of drug-likeness (QED) is 0.709. The van der Waals surface area contributed by atoms with Crippen LogP contribution in [0.1, 0.15) is 12.8 Å². The molecule has 0 aromatic carbocycles. The number of carbonyl (C=O) groups is 1. The van der Waals surface area contributed by atoms with Crippen LogP contribution in [-0.4, -0.2) is 39.4 Å². The molecule has 0 aliphatic carbocycles. The summed E-state index contributed by atoms with van der Waals surface area (Å²) in [5.41, 5.74) is 0. The number of rotatable bonds is 4. The Labute approximate surface area is 90.7 Å². The molecule has 5 heteroatoms. The first-order valence-electron chi connectivity index (χ1n) is 4.68. The Bertz CT molecular complexity index is 160. The van der Waals surface area contributed by atoms with E-state index in [9.17, 15) is 4.79 Å². The highest BCUT2D eigenvalue weighted by molar-refractivity contribution is 5.85. The molecule has 1 aliphatic heterocycles. The van der Waals surface area contributed by atoms with Gasteiger partial charge >= 0.3 is 5.97 Å². The van der Waals surface area contributed by atoms with Gasteiger partial charge in [0, 0.05) is 7.11 Å². The fraction of sp³-hybridized carbons (Fsp3) is 0.889. The van der Waals surface area contributed by atoms with Crippen molar-refractivity contribution >= 4 is 18.4 Å². The van der Waals surface area contributed by atoms with Crippen molar-refractivity contribution in [2.45, 2.75) is 12.8 Å². The highest BCUT2D eigenvalue weighted by Crippen LogP contribution is 2.11. The number of nitrogens with one attached hydrogen (secondary N) is 1. The molecule has 1 fully saturated rings. The van der Waals surface area contributed by atoms with Gasteiger partial charge in [-0.15, -0.1) is 12.4 Å². The number of carbonyl (C=O) groups excluding carboxylic acids is 1. The van der Waals surface area contributed by atoms with E-state index in [1.54, 1.807) is 0 Å². The van der Waals surface area contributed by atoms with Crippen LogP contribution >= 0.6 is 12.4 Å². The molecule has 0 amide bonds. The zero-order valence-corrected chi connectivity index (χ0v) is 9.27. The number of methoxy groups -OCH3 is 1. The van der Waals surface area contributed by atoms with E-state index in [-0.39, 0.29) is 25.0 Å². The number of hydrogen-bond acceptors (Lipinski definition) is 4. The van der Waals surface area contributed by atoms with Crippen LogP contribution in [0.4, 0.5) is 0 Å². The van der Waals surface area contributed by atoms with E-state index >= 15 is 0 Å². The molecule has 0 aromatic heterocycles. The number of piperidine rings is 1. The summed E-state index contributed by atoms with van der Waals surface area (Å²) in [6.07, 6.45) is 2.19. The Kier molecular flexibility index (Phi) is 7.84. The van der Waals surface area contributed by atoms with Crippen molar-refractivity contribution in [2.24, 2.45) is 5.92 Å². The Morgan fingerprint density at radius 2 is 2.07 bits per heavy atom. The lowest BCUT2D eigenvalue weighted by Gasteiger charge is -2.21. The van der Waals surface area contributed by atoms with Crippen LogP contribution in [0.15, 0.2) is 0 Å². The second-order valence-electron chi connectivity index (χ2n) is 3.31. The summed E-state index contributed by atoms with van der Waals surface area (Å²) in [5, 5.41) is 3.26. The summed E-state index contributed by atoms with van der Waals surface area (Å²) >= 11 is 0. The predicted octanol–water partition coefficient (Wildman–Crippen LogP) is 0.597. The summed E-state index contributed by atoms with van der Waals surface area (Å²) in [5.74, 6) is 0.267. The molecule has 0 radical (unpaired) electrons. The first-order valence-corrected chi connectivity index (χ1v) is 4.68. The molecule has 14 heavy (non-hydrogen) atoms. The van der Waals surface area contributed by atoms with Gasteiger partial charge in [-0.1, -0.05) is 0 Å². The lowest BCUT2D eigenvalue weighted by molar-refractivity contribution is -0.149. The van der Waals surface area contributed by atoms with Crippen molar-refractivity contribution in [3.8, 4) is 0 Å². The highest BCUT2D eigenvalue weighted by atomic mass is 35.5. The molecule has 0 spiro atoms. The van der Waals surface area contributed by atoms with Gasteiger partial charge < -0.3 is 14.8 Å². The summed E-state index contributed by atoms with van der Waals surface area (Å²) in [6, 6.07) is 0. The average Bonchev–Trinajstić information content (AvgIpc) is 2.17. The summed E-state index contributed by atoms with van der Waals surface area (Å²) in [7, 11) is 1.49. The Hall–Kier alpha value is -0.320. The van der Waals surface area contributed by atoms with Crippen LogP contribution in [-0.2, 0) is 14.3 Å². The van der Waals surface area contributed by atoms with Crippen LogP contribution in [0.5, 0.6) is 0 Å². The maximum absolute atomic E-state index is 10.9. The van der Waals surface area contributed by atoms with Gasteiger partial charge in [0.2, 0.25) is 0 Å². The maximum atomic E-state index is 10.9. The van der Waals surface area contributed by atoms with E-state index in [4.69, 9.17) is 4.74 Å². The third kappa shape index (κ3) is 5.42. The van der Waals surface area contributed by atoms with Gasteiger partial charge in [0.25, 0.3) is 0 Å². The summed E-state index contributed by atoms with van der Waals surface area (Å²) in [4.78, 5) is 10.9. The van der Waals surface area contributed by atoms with E-state index in [0.29, 0.717) is 12.5 Å². The molecule has 0 atom stereocenters. The Morgan fingerprint density at radius 1 is 1.43 bits per heavy atom. The van der Waals surface area contributed by atoms with Gasteiger partial charge in [-0.3, -0.25) is 0 Å². The zero-order valence-electron chi connectivity index (χ0n) is 8.45. The number of halogens is 1. The second kappa shape index (κ2) is 8.03. The van der Waals surface area contributed by atoms with E-state index < -0.39 is 0 Å². The summed E-state index contributed by atoms with van der Waals surface area (Å²) < 4.78 is 9.69. The van der Waals surface area contributed by atoms with E-state index in [1.807, 2.05) is 0 Å². The molecule has 1 heterocycles. The topological polar surface area (TPSA) is 47.6 Å². The van der Waals surface area contributed by atoms with Crippen molar-refractivity contribution in [1.29, 1.82) is 0 Å². The second-order valence-corrected chi connectivity index (χ2v) is 3.31. The van der Waals surface area contributed by atoms with Crippen molar-refractivity contribution < 1.29 is 14.3 Å². The van der Waals surface area contributed by atoms with Gasteiger partial charge in [0.05, 0.1) is 6.61 Å². The lowest BCUT2D eigenvalue weighted by Crippen LogP contribution is -2.30. The number of hydrogen-bond donors (Lipinski definition) is 1. The normalized spacial score (nSPS) is 17.2. The van der Waals surface area contributed by atoms with Gasteiger partial charge in [-0.2, -0.15) is 0 Å². The lowest BCUT2D eigenvalue weighted by atomic mass is 9.99. The van der Waals surface area contributed by atoms with Crippen molar-refractivity contribution in [1.82, 2.24) is 5.32 Å². The highest BCUT2D eigenvalue weighted by Gasteiger charge is 2.14. The molecule has 1 N–H and O–H groups in total. The van der Waals surface area contributed by atoms with E-state index in [0.717, 1.165) is 25.9 Å². The number of esters is 1. The van der Waals surface area contributed by atoms with Crippen LogP contribution in [0.3, 0.4) is 0 Å². The molecule has 0 aromatic rings. The zero-order chi connectivity index (χ0) is 9.52. The van der Waals surface area contributed by atoms with Gasteiger partial charge in [-0.25, -0.2) is 4.79 Å². The first-order chi connectivity index (χ1) is 6.33. The fourth-order valence-corrected chi connectivity index (χ4v) is 1.42. The van der Waals surface area contributed by atoms with Gasteiger partial charge in [-0.05, 0) is 31.8 Å². The number of ether oxygens (including phenoxy) is 2. The molecular weight excluding hydrogens is 206 g/mol. The third-order valence-corrected chi connectivity index (χ3v) is 2.20. The largest absolute Gasteiger partial charge is 0.464 e. The van der Waals surface area contributed by atoms with Gasteiger partial charge in [0.15, 0.2) is 0 Å². The maximum Gasteiger partial charge on any atom is 0.332 e. The Balaban J connectivity index is 0.00000169. The molecule has 1 rings (SSSR count). The third-order valence-electron chi connectivity index (χ3n) is 2.20. The van der Waals surface area contributed by atoms with E-state index in [2.05, 4.69) is 10.1 Å². The predicted molar refractivity (Wildman–Crippen MR) is 55.7 cm³/mol. The van der Waals surface area contributed by atoms with Crippen LogP contribution in [0, 0.1) is 5.92 Å². The smallest absolute Gasteiger partial charge is 0.332 e. The first kappa shape index (κ1) is 13.7. The average molecular weight is 224 g/mol. The molecule has 1 saturated heterocycles. The minimum Gasteiger partial charge on any atom is -0.464 e. The SMILES string of the molecule is COCC(=O)OCC1CCNCC1.Cl. The van der Waals surface area contributed by atoms with Crippen LogP contribution < -0.4 is 5.32 Å². The fourth-order valence-electron chi connectivity index (χ4n) is 1.42. The molecule has 4 nitrogen and oxygen atoms in total. The standard InChI is InChI=1S/C9H17NO3.ClH/c1-12-7-9(11)13-6-8-2-4-10-5-3-8;/h8,10H,2-7H2,1H3;1H. The molecule has 0 unspecified atom stereocenters. The van der Waals surface area contributed by atoms with Crippen molar-refractivity contribution in [2.75, 3.05) is 33.4 Å². The molecule has 84 valence electrons. The van der Waals surface area contributed by atoms with Crippen LogP contribution in [0.2, 0.25) is 0 Å². The molecule has 0 saturated carbocycles. The monoisotopic (exact) mass is 223 g/mol. The summed E-state index contributed by atoms with van der Waals surface area (Å²) in [6.45, 7) is 2.67. The minimum absolute atomic E-state index is 0. The van der Waals surface area contributed by atoms with Crippen molar-refractivity contribution in [3.05, 3.63) is 0 Å². The Morgan fingerprint density at radius 3 is 2.64 bits per heavy atom. The minimum atomic E-state index is -0.263. The van der Waals surface area contributed by atoms with Crippen LogP contribution in [0.25, 0.3) is 0 Å².